The van der Waals surface area contributed by atoms with E-state index in [1.807, 2.05) is 9.13 Å². The molecule has 3 N–H and O–H groups in total. The first-order valence-corrected chi connectivity index (χ1v) is 18.6. The molecule has 2 aliphatic heterocycles. The van der Waals surface area contributed by atoms with Crippen LogP contribution in [0.25, 0.3) is 0 Å². The fraction of sp³-hybridized carbons (Fsp3) is 0.267. The number of nitrogens with one attached hydrogen (secondary N) is 2. The number of halogens is 7. The molecule has 0 saturated carbocycles. The van der Waals surface area contributed by atoms with Crippen LogP contribution in [0.4, 0.5) is 28.9 Å². The lowest BCUT2D eigenvalue weighted by molar-refractivity contribution is 0.100. The maximum atomic E-state index is 13.2. The summed E-state index contributed by atoms with van der Waals surface area (Å²) in [6, 6.07) is 10.0. The molecule has 6 rings (SSSR count). The zero-order chi connectivity index (χ0) is 38.0. The Labute approximate surface area is 304 Å². The van der Waals surface area contributed by atoms with Crippen molar-refractivity contribution in [1.29, 1.82) is 0 Å². The highest BCUT2D eigenvalue weighted by Gasteiger charge is 2.24. The van der Waals surface area contributed by atoms with Crippen LogP contribution in [0.2, 0.25) is 10.0 Å². The lowest BCUT2D eigenvalue weighted by atomic mass is 10.1. The summed E-state index contributed by atoms with van der Waals surface area (Å²) in [5, 5.41) is 5.87. The Bertz CT molecular complexity index is 2010. The molecule has 2 aromatic carbocycles. The predicted octanol–water partition coefficient (Wildman–Crippen LogP) is 7.04. The Morgan fingerprint density at radius 3 is 1.31 bits per heavy atom. The number of hydrogen-bond acceptors (Lipinski definition) is 7. The third-order valence-corrected chi connectivity index (χ3v) is 7.76. The lowest BCUT2D eigenvalue weighted by Crippen LogP contribution is -2.20. The number of fused-ring (bicyclic) bond motifs is 2. The summed E-state index contributed by atoms with van der Waals surface area (Å²) in [7, 11) is -3.25. The van der Waals surface area contributed by atoms with Crippen LogP contribution in [0, 0.1) is 23.3 Å². The third-order valence-electron chi connectivity index (χ3n) is 7.19. The van der Waals surface area contributed by atoms with Gasteiger partial charge in [0.25, 0.3) is 11.8 Å². The average molecular weight is 818 g/mol. The molecule has 2 aromatic heterocycles. The van der Waals surface area contributed by atoms with Crippen LogP contribution in [-0.2, 0) is 45.9 Å². The lowest BCUT2D eigenvalue weighted by Gasteiger charge is -2.17. The van der Waals surface area contributed by atoms with Crippen LogP contribution < -0.4 is 10.6 Å². The van der Waals surface area contributed by atoms with Gasteiger partial charge in [-0.25, -0.2) is 17.6 Å². The van der Waals surface area contributed by atoms with Gasteiger partial charge in [0, 0.05) is 58.7 Å². The van der Waals surface area contributed by atoms with E-state index in [0.29, 0.717) is 21.4 Å². The zero-order valence-electron chi connectivity index (χ0n) is 25.9. The van der Waals surface area contributed by atoms with Gasteiger partial charge < -0.3 is 19.8 Å². The number of carbonyl (C=O) groups excluding carboxylic acids is 2. The van der Waals surface area contributed by atoms with E-state index in [4.69, 9.17) is 48.8 Å². The third kappa shape index (κ3) is 12.7. The van der Waals surface area contributed by atoms with Gasteiger partial charge in [0.15, 0.2) is 23.3 Å². The molecule has 0 unspecified atom stereocenters. The predicted molar refractivity (Wildman–Crippen MR) is 180 cm³/mol. The molecule has 12 nitrogen and oxygen atoms in total. The Morgan fingerprint density at radius 1 is 0.667 bits per heavy atom. The number of hydrogen-bond donors (Lipinski definition) is 3. The van der Waals surface area contributed by atoms with E-state index in [9.17, 15) is 27.2 Å². The smallest absolute Gasteiger partial charge is 0.339 e. The summed E-state index contributed by atoms with van der Waals surface area (Å²) < 4.78 is 106. The number of benzene rings is 2. The van der Waals surface area contributed by atoms with Crippen molar-refractivity contribution < 1.29 is 52.7 Å². The minimum Gasteiger partial charge on any atom is -0.339 e. The molecule has 0 aliphatic carbocycles. The fourth-order valence-corrected chi connectivity index (χ4v) is 5.83. The molecular formula is C30H27Cl3F4N4O8S2. The number of anilines is 2. The van der Waals surface area contributed by atoms with Crippen LogP contribution in [-0.4, -0.2) is 46.5 Å². The summed E-state index contributed by atoms with van der Waals surface area (Å²) in [5.74, 6) is -4.75. The van der Waals surface area contributed by atoms with E-state index in [1.165, 1.54) is 12.1 Å². The van der Waals surface area contributed by atoms with Gasteiger partial charge in [-0.3, -0.25) is 14.1 Å². The van der Waals surface area contributed by atoms with Crippen molar-refractivity contribution >= 4 is 77.0 Å². The summed E-state index contributed by atoms with van der Waals surface area (Å²) in [5.41, 5.74) is 3.19. The minimum absolute atomic E-state index is 0.196. The van der Waals surface area contributed by atoms with Crippen LogP contribution in [0.1, 0.15) is 58.0 Å². The van der Waals surface area contributed by atoms with E-state index < -0.39 is 55.0 Å². The summed E-state index contributed by atoms with van der Waals surface area (Å²) in [6.07, 6.45) is 5.90. The normalized spacial score (nSPS) is 13.0. The SMILES string of the molecule is O=C(Nc1ccc(F)c(F)c1)c1c(Cl)cc2n1CCCC2.O=C(Nc1ccc(F)c(F)c1)c1c(Cl)cc2n1CCCC2.O=S(=O)(O)Cl.O=S(=O)=O. The van der Waals surface area contributed by atoms with Gasteiger partial charge in [-0.15, -0.1) is 12.6 Å². The topological polar surface area (TPSA) is 174 Å². The molecule has 0 spiro atoms. The molecule has 0 atom stereocenters. The van der Waals surface area contributed by atoms with E-state index in [-0.39, 0.29) is 11.4 Å². The van der Waals surface area contributed by atoms with Crippen LogP contribution in [0.3, 0.4) is 0 Å². The molecular weight excluding hydrogens is 791 g/mol. The monoisotopic (exact) mass is 816 g/mol. The van der Waals surface area contributed by atoms with E-state index in [0.717, 1.165) is 87.3 Å². The highest BCUT2D eigenvalue weighted by atomic mass is 35.7. The molecule has 0 saturated heterocycles. The largest absolute Gasteiger partial charge is 0.425 e. The van der Waals surface area contributed by atoms with Gasteiger partial charge in [-0.1, -0.05) is 23.2 Å². The fourth-order valence-electron chi connectivity index (χ4n) is 5.20. The molecule has 21 heteroatoms. The van der Waals surface area contributed by atoms with Crippen molar-refractivity contribution in [3.8, 4) is 0 Å². The van der Waals surface area contributed by atoms with E-state index in [2.05, 4.69) is 21.3 Å². The quantitative estimate of drug-likeness (QED) is 0.112. The Hall–Kier alpha value is -3.94. The van der Waals surface area contributed by atoms with Crippen LogP contribution in [0.15, 0.2) is 48.5 Å². The maximum absolute atomic E-state index is 13.2. The zero-order valence-corrected chi connectivity index (χ0v) is 29.8. The molecule has 276 valence electrons. The number of carbonyl (C=O) groups is 2. The van der Waals surface area contributed by atoms with Gasteiger partial charge in [0.05, 0.1) is 10.0 Å². The number of aromatic nitrogens is 2. The van der Waals surface area contributed by atoms with Crippen molar-refractivity contribution in [1.82, 2.24) is 9.13 Å². The molecule has 0 bridgehead atoms. The molecule has 2 amide bonds. The van der Waals surface area contributed by atoms with Gasteiger partial charge in [-0.2, -0.15) is 8.42 Å². The second kappa shape index (κ2) is 18.5. The molecule has 4 heterocycles. The van der Waals surface area contributed by atoms with Gasteiger partial charge in [-0.05, 0) is 74.9 Å². The minimum atomic E-state index is -4.19. The standard InChI is InChI=1S/2C15H13ClF2N2O.ClHO3S.O3S/c2*16-11-8-10-3-1-2-6-20(10)14(11)15(21)19-9-4-5-12(17)13(18)7-9;1-5(2,3)4;1-4(2)3/h2*4-5,7-8H,1-3,6H2,(H,19,21);(H,2,3,4);. The second-order valence-corrected chi connectivity index (χ2v) is 13.9. The number of nitrogens with zero attached hydrogens (tertiary/aromatic N) is 2. The average Bonchev–Trinajstić information content (AvgIpc) is 3.55. The maximum Gasteiger partial charge on any atom is 0.425 e. The second-order valence-electron chi connectivity index (χ2n) is 10.7. The van der Waals surface area contributed by atoms with Crippen LogP contribution in [0.5, 0.6) is 0 Å². The number of amides is 2. The molecule has 2 aliphatic rings. The number of rotatable bonds is 4. The van der Waals surface area contributed by atoms with Crippen LogP contribution >= 0.6 is 33.9 Å². The number of aryl methyl sites for hydroxylation is 2. The first-order chi connectivity index (χ1) is 23.8. The van der Waals surface area contributed by atoms with Gasteiger partial charge in [0.2, 0.25) is 0 Å². The summed E-state index contributed by atoms with van der Waals surface area (Å²) >= 11 is 12.3. The van der Waals surface area contributed by atoms with E-state index >= 15 is 0 Å². The first-order valence-electron chi connectivity index (χ1n) is 14.6. The molecule has 4 aromatic rings. The van der Waals surface area contributed by atoms with E-state index in [1.54, 1.807) is 12.1 Å². The highest BCUT2D eigenvalue weighted by Crippen LogP contribution is 2.29. The highest BCUT2D eigenvalue weighted by molar-refractivity contribution is 8.09. The first kappa shape index (κ1) is 41.5. The van der Waals surface area contributed by atoms with Crippen molar-refractivity contribution in [3.05, 3.63) is 105 Å². The van der Waals surface area contributed by atoms with Crippen molar-refractivity contribution in [2.45, 2.75) is 51.6 Å². The van der Waals surface area contributed by atoms with Crippen molar-refractivity contribution in [2.24, 2.45) is 0 Å². The molecule has 51 heavy (non-hydrogen) atoms. The molecule has 0 fully saturated rings. The summed E-state index contributed by atoms with van der Waals surface area (Å²) in [4.78, 5) is 24.7. The Kier molecular flexibility index (Phi) is 15.1. The Balaban J connectivity index is 0.000000223. The van der Waals surface area contributed by atoms with Crippen molar-refractivity contribution in [2.75, 3.05) is 10.6 Å². The van der Waals surface area contributed by atoms with Gasteiger partial charge in [0.1, 0.15) is 11.4 Å². The summed E-state index contributed by atoms with van der Waals surface area (Å²) in [6.45, 7) is 1.48. The van der Waals surface area contributed by atoms with Crippen molar-refractivity contribution in [3.63, 3.8) is 0 Å². The Morgan fingerprint density at radius 2 is 1.00 bits per heavy atom. The molecule has 0 radical (unpaired) electrons. The van der Waals surface area contributed by atoms with Gasteiger partial charge >= 0.3 is 19.9 Å².